The van der Waals surface area contributed by atoms with Crippen molar-refractivity contribution in [3.05, 3.63) is 30.4 Å². The summed E-state index contributed by atoms with van der Waals surface area (Å²) in [6, 6.07) is 1.65. The van der Waals surface area contributed by atoms with Gasteiger partial charge >= 0.3 is 6.09 Å². The van der Waals surface area contributed by atoms with Crippen LogP contribution in [-0.4, -0.2) is 73.3 Å². The number of hydrogen-bond acceptors (Lipinski definition) is 8. The molecule has 4 heterocycles. The fraction of sp³-hybridized carbons (Fsp3) is 0.560. The maximum atomic E-state index is 12.7. The summed E-state index contributed by atoms with van der Waals surface area (Å²) in [5.74, 6) is 1.11. The summed E-state index contributed by atoms with van der Waals surface area (Å²) in [7, 11) is 0. The fourth-order valence-corrected chi connectivity index (χ4v) is 4.35. The Balaban J connectivity index is 1.34. The summed E-state index contributed by atoms with van der Waals surface area (Å²) in [4.78, 5) is 27.7. The van der Waals surface area contributed by atoms with E-state index < -0.39 is 18.6 Å². The zero-order valence-electron chi connectivity index (χ0n) is 21.2. The third-order valence-corrected chi connectivity index (χ3v) is 6.14. The minimum atomic E-state index is -2.57. The number of hydrogen-bond donors (Lipinski definition) is 1. The molecule has 0 bridgehead atoms. The van der Waals surface area contributed by atoms with Gasteiger partial charge in [-0.2, -0.15) is 5.10 Å². The first-order valence-corrected chi connectivity index (χ1v) is 12.5. The first-order chi connectivity index (χ1) is 17.7. The Kier molecular flexibility index (Phi) is 6.82. The molecule has 0 radical (unpaired) electrons. The van der Waals surface area contributed by atoms with E-state index in [1.807, 2.05) is 20.8 Å². The zero-order valence-corrected chi connectivity index (χ0v) is 21.2. The van der Waals surface area contributed by atoms with Crippen LogP contribution >= 0.6 is 0 Å². The summed E-state index contributed by atoms with van der Waals surface area (Å²) in [6.45, 7) is 6.03. The van der Waals surface area contributed by atoms with Gasteiger partial charge in [0.25, 0.3) is 6.43 Å². The maximum absolute atomic E-state index is 12.7. The van der Waals surface area contributed by atoms with Crippen LogP contribution in [0.2, 0.25) is 0 Å². The van der Waals surface area contributed by atoms with Gasteiger partial charge in [0.2, 0.25) is 0 Å². The number of ether oxygens (including phenoxy) is 2. The highest BCUT2D eigenvalue weighted by Gasteiger charge is 2.31. The number of halogens is 2. The molecule has 1 aliphatic carbocycles. The van der Waals surface area contributed by atoms with E-state index in [9.17, 15) is 13.6 Å². The molecule has 1 saturated carbocycles. The molecule has 37 heavy (non-hydrogen) atoms. The molecule has 1 saturated heterocycles. The number of fused-ring (bicyclic) bond motifs is 1. The van der Waals surface area contributed by atoms with Crippen molar-refractivity contribution in [1.82, 2.24) is 29.5 Å². The van der Waals surface area contributed by atoms with E-state index in [4.69, 9.17) is 19.6 Å². The van der Waals surface area contributed by atoms with Crippen LogP contribution in [0.3, 0.4) is 0 Å². The Labute approximate surface area is 213 Å². The number of aromatic nitrogens is 5. The third kappa shape index (κ3) is 6.05. The monoisotopic (exact) mass is 515 g/mol. The molecule has 2 fully saturated rings. The average molecular weight is 516 g/mol. The lowest BCUT2D eigenvalue weighted by Crippen LogP contribution is -2.47. The van der Waals surface area contributed by atoms with Crippen LogP contribution in [0.25, 0.3) is 17.0 Å². The molecule has 1 atom stereocenters. The van der Waals surface area contributed by atoms with Gasteiger partial charge in [0.1, 0.15) is 40.9 Å². The molecule has 1 unspecified atom stereocenters. The number of nitrogens with one attached hydrogen (secondary N) is 1. The van der Waals surface area contributed by atoms with Crippen LogP contribution in [-0.2, 0) is 4.74 Å². The number of nitrogens with zero attached hydrogens (tertiary/aromatic N) is 6. The van der Waals surface area contributed by atoms with Gasteiger partial charge in [-0.25, -0.2) is 28.1 Å². The van der Waals surface area contributed by atoms with Gasteiger partial charge in [-0.15, -0.1) is 0 Å². The van der Waals surface area contributed by atoms with Crippen LogP contribution in [0.1, 0.15) is 58.1 Å². The average Bonchev–Trinajstić information content (AvgIpc) is 3.61. The minimum Gasteiger partial charge on any atom is -0.485 e. The molecular formula is C25H31F2N7O3. The largest absolute Gasteiger partial charge is 0.485 e. The Morgan fingerprint density at radius 3 is 2.76 bits per heavy atom. The normalized spacial score (nSPS) is 18.3. The second-order valence-electron chi connectivity index (χ2n) is 10.5. The molecule has 10 nitrogen and oxygen atoms in total. The van der Waals surface area contributed by atoms with Crippen LogP contribution in [0, 0.1) is 0 Å². The van der Waals surface area contributed by atoms with Gasteiger partial charge < -0.3 is 19.7 Å². The van der Waals surface area contributed by atoms with Gasteiger partial charge in [-0.05, 0) is 46.5 Å². The molecular weight excluding hydrogens is 484 g/mol. The number of carbonyl (C=O) groups excluding carboxylic acids is 1. The zero-order chi connectivity index (χ0) is 26.2. The van der Waals surface area contributed by atoms with E-state index in [0.717, 1.165) is 25.7 Å². The smallest absolute Gasteiger partial charge is 0.410 e. The van der Waals surface area contributed by atoms with Crippen molar-refractivity contribution >= 4 is 17.6 Å². The van der Waals surface area contributed by atoms with Crippen molar-refractivity contribution in [2.45, 2.75) is 70.4 Å². The molecule has 0 spiro atoms. The molecule has 3 aromatic heterocycles. The fourth-order valence-electron chi connectivity index (χ4n) is 4.35. The van der Waals surface area contributed by atoms with Gasteiger partial charge in [-0.3, -0.25) is 4.98 Å². The second-order valence-corrected chi connectivity index (χ2v) is 10.5. The number of amides is 1. The van der Waals surface area contributed by atoms with E-state index in [0.29, 0.717) is 47.4 Å². The number of alkyl halides is 2. The summed E-state index contributed by atoms with van der Waals surface area (Å²) in [5, 5.41) is 8.08. The summed E-state index contributed by atoms with van der Waals surface area (Å²) < 4.78 is 38.0. The van der Waals surface area contributed by atoms with Crippen LogP contribution in [0.15, 0.2) is 24.7 Å². The molecule has 2 aliphatic rings. The summed E-state index contributed by atoms with van der Waals surface area (Å²) >= 11 is 0. The van der Waals surface area contributed by atoms with Gasteiger partial charge in [0.05, 0.1) is 18.6 Å². The number of likely N-dealkylation sites (tertiary alicyclic amines) is 1. The van der Waals surface area contributed by atoms with Crippen molar-refractivity contribution in [2.24, 2.45) is 0 Å². The van der Waals surface area contributed by atoms with Gasteiger partial charge in [0, 0.05) is 31.1 Å². The molecule has 1 aliphatic heterocycles. The SMILES string of the molecule is CC(C)(C)OC(=O)N1CCCC(Nc2cncc(-c3cnc4cc(OCC(F)F)c(C5CC5)nn34)n2)C1. The first kappa shape index (κ1) is 25.1. The van der Waals surface area contributed by atoms with Crippen molar-refractivity contribution < 1.29 is 23.0 Å². The van der Waals surface area contributed by atoms with Crippen molar-refractivity contribution in [3.8, 4) is 17.1 Å². The number of imidazole rings is 1. The van der Waals surface area contributed by atoms with E-state index >= 15 is 0 Å². The Hall–Kier alpha value is -3.57. The maximum Gasteiger partial charge on any atom is 0.410 e. The molecule has 3 aromatic rings. The standard InChI is InChI=1S/C25H31F2N7O3/c1-25(2,3)37-24(35)33-8-4-5-16(13-33)30-21-12-28-10-17(31-21)18-11-29-22-9-19(36-14-20(26)27)23(15-6-7-15)32-34(18)22/h9-12,15-16,20H,4-8,13-14H2,1-3H3,(H,30,31). The van der Waals surface area contributed by atoms with Crippen LogP contribution in [0.5, 0.6) is 5.75 Å². The first-order valence-electron chi connectivity index (χ1n) is 12.5. The quantitative estimate of drug-likeness (QED) is 0.490. The van der Waals surface area contributed by atoms with Crippen molar-refractivity contribution in [1.29, 1.82) is 0 Å². The second kappa shape index (κ2) is 10.1. The molecule has 1 N–H and O–H groups in total. The Morgan fingerprint density at radius 2 is 2.03 bits per heavy atom. The van der Waals surface area contributed by atoms with Gasteiger partial charge in [-0.1, -0.05) is 0 Å². The lowest BCUT2D eigenvalue weighted by atomic mass is 10.1. The highest BCUT2D eigenvalue weighted by molar-refractivity contribution is 5.68. The highest BCUT2D eigenvalue weighted by Crippen LogP contribution is 2.43. The minimum absolute atomic E-state index is 0.00198. The topological polar surface area (TPSA) is 107 Å². The highest BCUT2D eigenvalue weighted by atomic mass is 19.3. The Morgan fingerprint density at radius 1 is 1.22 bits per heavy atom. The number of carbonyl (C=O) groups is 1. The predicted molar refractivity (Wildman–Crippen MR) is 132 cm³/mol. The number of rotatable bonds is 7. The van der Waals surface area contributed by atoms with E-state index in [-0.39, 0.29) is 18.1 Å². The van der Waals surface area contributed by atoms with Gasteiger partial charge in [0.15, 0.2) is 5.65 Å². The van der Waals surface area contributed by atoms with E-state index in [1.54, 1.807) is 34.1 Å². The van der Waals surface area contributed by atoms with E-state index in [2.05, 4.69) is 15.3 Å². The van der Waals surface area contributed by atoms with Crippen molar-refractivity contribution in [2.75, 3.05) is 25.0 Å². The molecule has 0 aromatic carbocycles. The summed E-state index contributed by atoms with van der Waals surface area (Å²) in [6.07, 6.45) is 5.62. The third-order valence-electron chi connectivity index (χ3n) is 6.14. The summed E-state index contributed by atoms with van der Waals surface area (Å²) in [5.41, 5.74) is 1.78. The van der Waals surface area contributed by atoms with E-state index in [1.165, 1.54) is 0 Å². The van der Waals surface area contributed by atoms with Crippen molar-refractivity contribution in [3.63, 3.8) is 0 Å². The lowest BCUT2D eigenvalue weighted by Gasteiger charge is -2.34. The Bertz CT molecular complexity index is 1270. The molecule has 198 valence electrons. The van der Waals surface area contributed by atoms with Crippen LogP contribution in [0.4, 0.5) is 19.4 Å². The molecule has 5 rings (SSSR count). The molecule has 12 heteroatoms. The number of anilines is 1. The number of piperidine rings is 1. The predicted octanol–water partition coefficient (Wildman–Crippen LogP) is 4.52. The van der Waals surface area contributed by atoms with Crippen LogP contribution < -0.4 is 10.1 Å². The molecule has 1 amide bonds. The lowest BCUT2D eigenvalue weighted by molar-refractivity contribution is 0.0206.